The second kappa shape index (κ2) is 5.07. The number of anilines is 2. The summed E-state index contributed by atoms with van der Waals surface area (Å²) in [4.78, 5) is 25.0. The number of nitrogens with two attached hydrogens (primary N) is 1. The minimum absolute atomic E-state index is 0.208. The smallest absolute Gasteiger partial charge is 0.277 e. The van der Waals surface area contributed by atoms with E-state index in [4.69, 9.17) is 5.84 Å². The van der Waals surface area contributed by atoms with Crippen LogP contribution in [0.1, 0.15) is 21.1 Å². The number of hydrogen-bond donors (Lipinski definition) is 3. The predicted molar refractivity (Wildman–Crippen MR) is 69.4 cm³/mol. The van der Waals surface area contributed by atoms with Crippen LogP contribution in [-0.2, 0) is 0 Å². The molecule has 8 heteroatoms. The van der Waals surface area contributed by atoms with Gasteiger partial charge in [0.15, 0.2) is 10.9 Å². The standard InChI is InChI=1S/C10H12N6OS/c1-5-6(2)18-10(14-5)15-9(17)7-3-13-8(16-11)4-12-7/h3-4H,11H2,1-2H3,(H,13,16)(H,14,15,17). The highest BCUT2D eigenvalue weighted by Gasteiger charge is 2.11. The van der Waals surface area contributed by atoms with Crippen molar-refractivity contribution in [2.24, 2.45) is 5.84 Å². The van der Waals surface area contributed by atoms with E-state index in [1.54, 1.807) is 0 Å². The number of hydrazine groups is 1. The van der Waals surface area contributed by atoms with Crippen LogP contribution in [0.4, 0.5) is 10.9 Å². The summed E-state index contributed by atoms with van der Waals surface area (Å²) in [5.74, 6) is 5.21. The number of nitrogens with zero attached hydrogens (tertiary/aromatic N) is 3. The molecule has 94 valence electrons. The van der Waals surface area contributed by atoms with Crippen LogP contribution in [0.2, 0.25) is 0 Å². The summed E-state index contributed by atoms with van der Waals surface area (Å²) >= 11 is 1.42. The number of nitrogens with one attached hydrogen (secondary N) is 2. The van der Waals surface area contributed by atoms with Gasteiger partial charge >= 0.3 is 0 Å². The van der Waals surface area contributed by atoms with Gasteiger partial charge in [-0.05, 0) is 13.8 Å². The van der Waals surface area contributed by atoms with Gasteiger partial charge in [-0.2, -0.15) is 0 Å². The molecule has 18 heavy (non-hydrogen) atoms. The van der Waals surface area contributed by atoms with E-state index < -0.39 is 0 Å². The molecule has 1 amide bonds. The topological polar surface area (TPSA) is 106 Å². The summed E-state index contributed by atoms with van der Waals surface area (Å²) < 4.78 is 0. The number of thiazole rings is 1. The molecule has 0 aliphatic carbocycles. The number of carbonyl (C=O) groups is 1. The molecular formula is C10H12N6OS. The third-order valence-electron chi connectivity index (χ3n) is 2.28. The zero-order chi connectivity index (χ0) is 13.1. The lowest BCUT2D eigenvalue weighted by Crippen LogP contribution is -2.15. The maximum absolute atomic E-state index is 11.8. The van der Waals surface area contributed by atoms with Gasteiger partial charge in [0, 0.05) is 4.88 Å². The number of carbonyl (C=O) groups excluding carboxylic acids is 1. The van der Waals surface area contributed by atoms with E-state index in [1.807, 2.05) is 13.8 Å². The van der Waals surface area contributed by atoms with E-state index in [0.717, 1.165) is 10.6 Å². The van der Waals surface area contributed by atoms with Crippen LogP contribution in [0.25, 0.3) is 0 Å². The number of aryl methyl sites for hydroxylation is 2. The lowest BCUT2D eigenvalue weighted by molar-refractivity contribution is 0.102. The lowest BCUT2D eigenvalue weighted by atomic mass is 10.4. The highest BCUT2D eigenvalue weighted by Crippen LogP contribution is 2.21. The van der Waals surface area contributed by atoms with Crippen molar-refractivity contribution in [1.82, 2.24) is 15.0 Å². The van der Waals surface area contributed by atoms with Crippen LogP contribution < -0.4 is 16.6 Å². The van der Waals surface area contributed by atoms with Gasteiger partial charge in [0.05, 0.1) is 18.1 Å². The number of nitrogen functional groups attached to an aromatic ring is 1. The summed E-state index contributed by atoms with van der Waals surface area (Å²) in [5.41, 5.74) is 3.45. The number of hydrogen-bond acceptors (Lipinski definition) is 7. The average molecular weight is 264 g/mol. The van der Waals surface area contributed by atoms with Gasteiger partial charge in [0.2, 0.25) is 0 Å². The third kappa shape index (κ3) is 2.60. The van der Waals surface area contributed by atoms with Crippen LogP contribution in [0.3, 0.4) is 0 Å². The van der Waals surface area contributed by atoms with Crippen molar-refractivity contribution >= 4 is 28.2 Å². The van der Waals surface area contributed by atoms with Crippen molar-refractivity contribution in [3.05, 3.63) is 28.7 Å². The first-order chi connectivity index (χ1) is 8.60. The Balaban J connectivity index is 2.11. The molecule has 2 rings (SSSR count). The molecule has 7 nitrogen and oxygen atoms in total. The van der Waals surface area contributed by atoms with Crippen molar-refractivity contribution < 1.29 is 4.79 Å². The summed E-state index contributed by atoms with van der Waals surface area (Å²) in [7, 11) is 0. The second-order valence-corrected chi connectivity index (χ2v) is 4.75. The zero-order valence-electron chi connectivity index (χ0n) is 9.89. The zero-order valence-corrected chi connectivity index (χ0v) is 10.7. The number of rotatable bonds is 3. The molecule has 0 atom stereocenters. The predicted octanol–water partition coefficient (Wildman–Crippen LogP) is 1.09. The molecule has 0 aliphatic heterocycles. The van der Waals surface area contributed by atoms with Gasteiger partial charge in [-0.1, -0.05) is 0 Å². The molecule has 0 aliphatic rings. The summed E-state index contributed by atoms with van der Waals surface area (Å²) in [6, 6.07) is 0. The molecule has 0 bridgehead atoms. The Kier molecular flexibility index (Phi) is 3.49. The molecule has 2 heterocycles. The van der Waals surface area contributed by atoms with E-state index in [2.05, 4.69) is 25.7 Å². The van der Waals surface area contributed by atoms with E-state index >= 15 is 0 Å². The Hall–Kier alpha value is -2.06. The molecule has 0 aromatic carbocycles. The van der Waals surface area contributed by atoms with E-state index in [9.17, 15) is 4.79 Å². The highest BCUT2D eigenvalue weighted by molar-refractivity contribution is 7.15. The Labute approximate surface area is 107 Å². The monoisotopic (exact) mass is 264 g/mol. The fraction of sp³-hybridized carbons (Fsp3) is 0.200. The summed E-state index contributed by atoms with van der Waals surface area (Å²) in [5, 5.41) is 3.23. The molecule has 0 unspecified atom stereocenters. The van der Waals surface area contributed by atoms with Crippen LogP contribution >= 0.6 is 11.3 Å². The Bertz CT molecular complexity index is 545. The SMILES string of the molecule is Cc1nc(NC(=O)c2cnc(NN)cn2)sc1C. The minimum Gasteiger partial charge on any atom is -0.307 e. The van der Waals surface area contributed by atoms with Crippen LogP contribution in [0.5, 0.6) is 0 Å². The molecule has 0 fully saturated rings. The van der Waals surface area contributed by atoms with Gasteiger partial charge in [0.1, 0.15) is 5.69 Å². The quantitative estimate of drug-likeness (QED) is 0.566. The van der Waals surface area contributed by atoms with Crippen LogP contribution in [0, 0.1) is 13.8 Å². The van der Waals surface area contributed by atoms with Gasteiger partial charge in [-0.15, -0.1) is 11.3 Å². The lowest BCUT2D eigenvalue weighted by Gasteiger charge is -2.01. The average Bonchev–Trinajstić information content (AvgIpc) is 2.68. The molecule has 2 aromatic rings. The fourth-order valence-corrected chi connectivity index (χ4v) is 2.02. The van der Waals surface area contributed by atoms with Crippen molar-refractivity contribution in [3.63, 3.8) is 0 Å². The van der Waals surface area contributed by atoms with E-state index in [-0.39, 0.29) is 11.6 Å². The second-order valence-electron chi connectivity index (χ2n) is 3.55. The van der Waals surface area contributed by atoms with Crippen molar-refractivity contribution in [3.8, 4) is 0 Å². The van der Waals surface area contributed by atoms with Crippen LogP contribution in [0.15, 0.2) is 12.4 Å². The minimum atomic E-state index is -0.347. The molecule has 0 saturated carbocycles. The van der Waals surface area contributed by atoms with Gasteiger partial charge in [-0.3, -0.25) is 10.1 Å². The van der Waals surface area contributed by atoms with E-state index in [0.29, 0.717) is 10.9 Å². The summed E-state index contributed by atoms with van der Waals surface area (Å²) in [6.07, 6.45) is 2.73. The molecule has 2 aromatic heterocycles. The van der Waals surface area contributed by atoms with Crippen LogP contribution in [-0.4, -0.2) is 20.9 Å². The van der Waals surface area contributed by atoms with Gasteiger partial charge in [0.25, 0.3) is 5.91 Å². The Morgan fingerprint density at radius 3 is 2.61 bits per heavy atom. The third-order valence-corrected chi connectivity index (χ3v) is 3.27. The molecule has 0 spiro atoms. The fourth-order valence-electron chi connectivity index (χ4n) is 1.21. The Morgan fingerprint density at radius 2 is 2.11 bits per heavy atom. The van der Waals surface area contributed by atoms with Crippen molar-refractivity contribution in [1.29, 1.82) is 0 Å². The van der Waals surface area contributed by atoms with Crippen molar-refractivity contribution in [2.45, 2.75) is 13.8 Å². The number of aromatic nitrogens is 3. The van der Waals surface area contributed by atoms with Crippen molar-refractivity contribution in [2.75, 3.05) is 10.7 Å². The first-order valence-electron chi connectivity index (χ1n) is 5.14. The maximum atomic E-state index is 11.8. The molecule has 0 radical (unpaired) electrons. The molecule has 4 N–H and O–H groups in total. The Morgan fingerprint density at radius 1 is 1.33 bits per heavy atom. The molecular weight excluding hydrogens is 252 g/mol. The summed E-state index contributed by atoms with van der Waals surface area (Å²) in [6.45, 7) is 3.84. The van der Waals surface area contributed by atoms with E-state index in [1.165, 1.54) is 23.7 Å². The van der Waals surface area contributed by atoms with Gasteiger partial charge < -0.3 is 5.43 Å². The normalized spacial score (nSPS) is 10.2. The first kappa shape index (κ1) is 12.4. The largest absolute Gasteiger partial charge is 0.307 e. The maximum Gasteiger partial charge on any atom is 0.277 e. The molecule has 0 saturated heterocycles. The number of amides is 1. The van der Waals surface area contributed by atoms with Gasteiger partial charge in [-0.25, -0.2) is 20.8 Å². The highest BCUT2D eigenvalue weighted by atomic mass is 32.1. The first-order valence-corrected chi connectivity index (χ1v) is 5.96.